The smallest absolute Gasteiger partial charge is 0.0924 e. The molecule has 0 saturated carbocycles. The summed E-state index contributed by atoms with van der Waals surface area (Å²) in [5.74, 6) is 0. The fourth-order valence-electron chi connectivity index (χ4n) is 2.99. The molecule has 0 bridgehead atoms. The van der Waals surface area contributed by atoms with Crippen LogP contribution in [-0.2, 0) is 17.3 Å². The SMILES string of the molecule is CC(C)(C)c1[nH]nc2ccc(CC(C)(C)c3cnccn3)cc12. The van der Waals surface area contributed by atoms with Crippen LogP contribution in [0.2, 0.25) is 0 Å². The van der Waals surface area contributed by atoms with E-state index in [1.807, 2.05) is 6.20 Å². The molecule has 0 unspecified atom stereocenters. The van der Waals surface area contributed by atoms with Crippen molar-refractivity contribution in [2.24, 2.45) is 0 Å². The van der Waals surface area contributed by atoms with Crippen molar-refractivity contribution in [3.8, 4) is 0 Å². The predicted molar refractivity (Wildman–Crippen MR) is 93.6 cm³/mol. The average Bonchev–Trinajstić information content (AvgIpc) is 2.91. The Morgan fingerprint density at radius 1 is 1.04 bits per heavy atom. The summed E-state index contributed by atoms with van der Waals surface area (Å²) in [6.45, 7) is 11.0. The van der Waals surface area contributed by atoms with Gasteiger partial charge in [0.15, 0.2) is 0 Å². The molecular formula is C19H24N4. The van der Waals surface area contributed by atoms with Gasteiger partial charge in [-0.1, -0.05) is 40.7 Å². The maximum Gasteiger partial charge on any atom is 0.0924 e. The van der Waals surface area contributed by atoms with E-state index in [4.69, 9.17) is 0 Å². The zero-order chi connectivity index (χ0) is 16.7. The minimum Gasteiger partial charge on any atom is -0.281 e. The topological polar surface area (TPSA) is 54.5 Å². The van der Waals surface area contributed by atoms with Gasteiger partial charge >= 0.3 is 0 Å². The summed E-state index contributed by atoms with van der Waals surface area (Å²) in [7, 11) is 0. The highest BCUT2D eigenvalue weighted by atomic mass is 15.1. The zero-order valence-corrected chi connectivity index (χ0v) is 14.5. The van der Waals surface area contributed by atoms with Crippen LogP contribution in [0.3, 0.4) is 0 Å². The first-order valence-corrected chi connectivity index (χ1v) is 8.01. The number of hydrogen-bond donors (Lipinski definition) is 1. The summed E-state index contributed by atoms with van der Waals surface area (Å²) in [4.78, 5) is 8.68. The number of benzene rings is 1. The number of rotatable bonds is 3. The molecule has 3 rings (SSSR count). The van der Waals surface area contributed by atoms with E-state index in [0.717, 1.165) is 17.6 Å². The summed E-state index contributed by atoms with van der Waals surface area (Å²) in [5, 5.41) is 8.85. The normalized spacial score (nSPS) is 12.7. The Labute approximate surface area is 137 Å². The van der Waals surface area contributed by atoms with Gasteiger partial charge in [0.2, 0.25) is 0 Å². The van der Waals surface area contributed by atoms with Crippen molar-refractivity contribution in [2.45, 2.75) is 51.9 Å². The van der Waals surface area contributed by atoms with Gasteiger partial charge in [-0.15, -0.1) is 0 Å². The molecule has 0 aliphatic carbocycles. The van der Waals surface area contributed by atoms with Crippen LogP contribution < -0.4 is 0 Å². The molecule has 2 heterocycles. The predicted octanol–water partition coefficient (Wildman–Crippen LogP) is 4.17. The van der Waals surface area contributed by atoms with Crippen LogP contribution in [0.25, 0.3) is 10.9 Å². The molecule has 120 valence electrons. The minimum absolute atomic E-state index is 0.0494. The lowest BCUT2D eigenvalue weighted by Crippen LogP contribution is -2.22. The van der Waals surface area contributed by atoms with Crippen molar-refractivity contribution in [1.82, 2.24) is 20.2 Å². The van der Waals surface area contributed by atoms with Gasteiger partial charge in [0, 0.05) is 40.5 Å². The van der Waals surface area contributed by atoms with Crippen LogP contribution in [0.4, 0.5) is 0 Å². The first-order valence-electron chi connectivity index (χ1n) is 8.01. The van der Waals surface area contributed by atoms with E-state index in [1.54, 1.807) is 12.4 Å². The Bertz CT molecular complexity index is 810. The molecule has 0 aliphatic heterocycles. The van der Waals surface area contributed by atoms with E-state index in [-0.39, 0.29) is 10.8 Å². The summed E-state index contributed by atoms with van der Waals surface area (Å²) in [5.41, 5.74) is 4.51. The third kappa shape index (κ3) is 3.11. The molecule has 2 aromatic heterocycles. The lowest BCUT2D eigenvalue weighted by molar-refractivity contribution is 0.503. The number of fused-ring (bicyclic) bond motifs is 1. The van der Waals surface area contributed by atoms with Crippen molar-refractivity contribution in [3.63, 3.8) is 0 Å². The highest BCUT2D eigenvalue weighted by Crippen LogP contribution is 2.31. The third-order valence-corrected chi connectivity index (χ3v) is 4.27. The van der Waals surface area contributed by atoms with Crippen LogP contribution in [0.15, 0.2) is 36.8 Å². The number of nitrogens with one attached hydrogen (secondary N) is 1. The molecular weight excluding hydrogens is 284 g/mol. The summed E-state index contributed by atoms with van der Waals surface area (Å²) < 4.78 is 0. The van der Waals surface area contributed by atoms with E-state index < -0.39 is 0 Å². The van der Waals surface area contributed by atoms with Crippen LogP contribution in [0.5, 0.6) is 0 Å². The maximum absolute atomic E-state index is 4.47. The monoisotopic (exact) mass is 308 g/mol. The molecule has 0 fully saturated rings. The second kappa shape index (κ2) is 5.44. The molecule has 0 saturated heterocycles. The zero-order valence-electron chi connectivity index (χ0n) is 14.5. The highest BCUT2D eigenvalue weighted by Gasteiger charge is 2.24. The molecule has 0 spiro atoms. The van der Waals surface area contributed by atoms with Gasteiger partial charge < -0.3 is 0 Å². The molecule has 4 heteroatoms. The fraction of sp³-hybridized carbons (Fsp3) is 0.421. The van der Waals surface area contributed by atoms with Crippen molar-refractivity contribution in [3.05, 3.63) is 53.7 Å². The molecule has 1 N–H and O–H groups in total. The van der Waals surface area contributed by atoms with Crippen molar-refractivity contribution >= 4 is 10.9 Å². The Hall–Kier alpha value is -2.23. The minimum atomic E-state index is -0.0619. The average molecular weight is 308 g/mol. The van der Waals surface area contributed by atoms with Crippen molar-refractivity contribution in [2.75, 3.05) is 0 Å². The number of H-pyrrole nitrogens is 1. The molecule has 0 radical (unpaired) electrons. The van der Waals surface area contributed by atoms with E-state index in [1.165, 1.54) is 16.6 Å². The quantitative estimate of drug-likeness (QED) is 0.790. The Balaban J connectivity index is 1.98. The number of hydrogen-bond acceptors (Lipinski definition) is 3. The number of aromatic nitrogens is 4. The van der Waals surface area contributed by atoms with Gasteiger partial charge in [-0.25, -0.2) is 0 Å². The van der Waals surface area contributed by atoms with Gasteiger partial charge in [-0.3, -0.25) is 15.1 Å². The van der Waals surface area contributed by atoms with Gasteiger partial charge in [0.25, 0.3) is 0 Å². The van der Waals surface area contributed by atoms with Gasteiger partial charge in [0.05, 0.1) is 11.2 Å². The number of aromatic amines is 1. The molecule has 23 heavy (non-hydrogen) atoms. The van der Waals surface area contributed by atoms with Gasteiger partial charge in [-0.05, 0) is 24.1 Å². The summed E-state index contributed by atoms with van der Waals surface area (Å²) in [6, 6.07) is 6.52. The van der Waals surface area contributed by atoms with E-state index >= 15 is 0 Å². The maximum atomic E-state index is 4.47. The van der Waals surface area contributed by atoms with Gasteiger partial charge in [-0.2, -0.15) is 5.10 Å². The van der Waals surface area contributed by atoms with E-state index in [0.29, 0.717) is 0 Å². The van der Waals surface area contributed by atoms with E-state index in [2.05, 4.69) is 73.0 Å². The Kier molecular flexibility index (Phi) is 3.71. The second-order valence-electron chi connectivity index (χ2n) is 7.85. The van der Waals surface area contributed by atoms with Crippen molar-refractivity contribution in [1.29, 1.82) is 0 Å². The first-order chi connectivity index (χ1) is 10.8. The lowest BCUT2D eigenvalue weighted by Gasteiger charge is -2.24. The molecule has 0 aliphatic rings. The highest BCUT2D eigenvalue weighted by molar-refractivity contribution is 5.83. The van der Waals surface area contributed by atoms with Crippen LogP contribution in [0, 0.1) is 0 Å². The Morgan fingerprint density at radius 2 is 1.83 bits per heavy atom. The Morgan fingerprint density at radius 3 is 2.48 bits per heavy atom. The van der Waals surface area contributed by atoms with Crippen LogP contribution in [0.1, 0.15) is 51.6 Å². The molecule has 3 aromatic rings. The lowest BCUT2D eigenvalue weighted by atomic mass is 9.82. The molecule has 1 aromatic carbocycles. The molecule has 0 atom stereocenters. The largest absolute Gasteiger partial charge is 0.281 e. The standard InChI is InChI=1S/C19H24N4/c1-18(2,3)17-14-10-13(6-7-15(14)22-23-17)11-19(4,5)16-12-20-8-9-21-16/h6-10,12H,11H2,1-5H3,(H,22,23). The fourth-order valence-corrected chi connectivity index (χ4v) is 2.99. The van der Waals surface area contributed by atoms with Crippen LogP contribution >= 0.6 is 0 Å². The summed E-state index contributed by atoms with van der Waals surface area (Å²) >= 11 is 0. The third-order valence-electron chi connectivity index (χ3n) is 4.27. The molecule has 4 nitrogen and oxygen atoms in total. The van der Waals surface area contributed by atoms with E-state index in [9.17, 15) is 0 Å². The number of nitrogens with zero attached hydrogens (tertiary/aromatic N) is 3. The van der Waals surface area contributed by atoms with Gasteiger partial charge in [0.1, 0.15) is 0 Å². The van der Waals surface area contributed by atoms with Crippen molar-refractivity contribution < 1.29 is 0 Å². The van der Waals surface area contributed by atoms with Crippen LogP contribution in [-0.4, -0.2) is 20.2 Å². The summed E-state index contributed by atoms with van der Waals surface area (Å²) in [6.07, 6.45) is 6.24. The molecule has 0 amide bonds. The second-order valence-corrected chi connectivity index (χ2v) is 7.85. The first kappa shape index (κ1) is 15.7.